The molecule has 0 unspecified atom stereocenters. The molecule has 2 rings (SSSR count). The molecule has 0 atom stereocenters. The Morgan fingerprint density at radius 2 is 1.92 bits per heavy atom. The molecule has 0 spiro atoms. The fourth-order valence-corrected chi connectivity index (χ4v) is 2.28. The van der Waals surface area contributed by atoms with Gasteiger partial charge in [0, 0.05) is 12.4 Å². The van der Waals surface area contributed by atoms with E-state index in [-0.39, 0.29) is 11.3 Å². The number of aliphatic hydroxyl groups excluding tert-OH is 1. The van der Waals surface area contributed by atoms with Crippen molar-refractivity contribution in [1.82, 2.24) is 4.98 Å². The van der Waals surface area contributed by atoms with Gasteiger partial charge < -0.3 is 10.2 Å². The van der Waals surface area contributed by atoms with Crippen LogP contribution in [0.15, 0.2) is 72.8 Å². The second-order valence-electron chi connectivity index (χ2n) is 5.17. The molecular formula is C20H16N2O3. The third-order valence-electron chi connectivity index (χ3n) is 3.60. The van der Waals surface area contributed by atoms with Gasteiger partial charge >= 0.3 is 5.97 Å². The van der Waals surface area contributed by atoms with E-state index in [2.05, 4.69) is 17.6 Å². The number of allylic oxidation sites excluding steroid dienone is 3. The zero-order chi connectivity index (χ0) is 18.4. The summed E-state index contributed by atoms with van der Waals surface area (Å²) >= 11 is 0. The van der Waals surface area contributed by atoms with Crippen LogP contribution in [0.3, 0.4) is 0 Å². The molecule has 0 radical (unpaired) electrons. The fourth-order valence-electron chi connectivity index (χ4n) is 2.28. The minimum absolute atomic E-state index is 0.260. The van der Waals surface area contributed by atoms with Crippen LogP contribution in [0, 0.1) is 11.3 Å². The maximum atomic E-state index is 11.3. The highest BCUT2D eigenvalue weighted by molar-refractivity contribution is 5.95. The molecule has 0 saturated heterocycles. The molecule has 124 valence electrons. The number of pyridine rings is 1. The van der Waals surface area contributed by atoms with Crippen molar-refractivity contribution in [2.45, 2.75) is 6.92 Å². The molecule has 0 bridgehead atoms. The Kier molecular flexibility index (Phi) is 5.49. The maximum absolute atomic E-state index is 11.3. The molecule has 5 nitrogen and oxygen atoms in total. The van der Waals surface area contributed by atoms with E-state index in [0.29, 0.717) is 16.7 Å². The molecule has 25 heavy (non-hydrogen) atoms. The van der Waals surface area contributed by atoms with Crippen LogP contribution in [0.4, 0.5) is 0 Å². The number of carbonyl (C=O) groups is 1. The Bertz CT molecular complexity index is 920. The normalized spacial score (nSPS) is 11.7. The second-order valence-corrected chi connectivity index (χ2v) is 5.17. The summed E-state index contributed by atoms with van der Waals surface area (Å²) in [6.45, 7) is 5.38. The highest BCUT2D eigenvalue weighted by Crippen LogP contribution is 2.27. The SMILES string of the molecule is C=C(/C=C(C(=O)O)\C(O)=C/C)c1ccc(-c2ccncc2)c(C#N)c1. The average Bonchev–Trinajstić information content (AvgIpc) is 2.65. The van der Waals surface area contributed by atoms with Crippen molar-refractivity contribution in [2.24, 2.45) is 0 Å². The standard InChI is InChI=1S/C20H16N2O3/c1-3-19(23)18(20(24)25)10-13(2)15-4-5-17(16(11-15)12-21)14-6-8-22-9-7-14/h3-11,23H,2H2,1H3,(H,24,25)/b18-10+,19-3+. The lowest BCUT2D eigenvalue weighted by Crippen LogP contribution is -2.03. The van der Waals surface area contributed by atoms with Gasteiger partial charge in [-0.05, 0) is 59.5 Å². The lowest BCUT2D eigenvalue weighted by Gasteiger charge is -2.08. The minimum Gasteiger partial charge on any atom is -0.507 e. The third kappa shape index (κ3) is 4.01. The Morgan fingerprint density at radius 1 is 1.24 bits per heavy atom. The summed E-state index contributed by atoms with van der Waals surface area (Å²) in [7, 11) is 0. The first-order valence-corrected chi connectivity index (χ1v) is 7.42. The van der Waals surface area contributed by atoms with Gasteiger partial charge in [0.2, 0.25) is 0 Å². The van der Waals surface area contributed by atoms with E-state index in [1.807, 2.05) is 0 Å². The van der Waals surface area contributed by atoms with Crippen LogP contribution in [-0.2, 0) is 4.79 Å². The predicted octanol–water partition coefficient (Wildman–Crippen LogP) is 4.11. The summed E-state index contributed by atoms with van der Waals surface area (Å²) in [5.41, 5.74) is 2.76. The Morgan fingerprint density at radius 3 is 2.48 bits per heavy atom. The summed E-state index contributed by atoms with van der Waals surface area (Å²) in [4.78, 5) is 15.2. The average molecular weight is 332 g/mol. The van der Waals surface area contributed by atoms with Gasteiger partial charge in [0.1, 0.15) is 11.3 Å². The number of carboxylic acid groups (broad SMARTS) is 1. The molecule has 0 aliphatic heterocycles. The van der Waals surface area contributed by atoms with Crippen LogP contribution in [0.1, 0.15) is 18.1 Å². The van der Waals surface area contributed by atoms with E-state index >= 15 is 0 Å². The number of benzene rings is 1. The lowest BCUT2D eigenvalue weighted by atomic mass is 9.95. The Balaban J connectivity index is 2.46. The molecule has 0 fully saturated rings. The zero-order valence-corrected chi connectivity index (χ0v) is 13.6. The van der Waals surface area contributed by atoms with E-state index in [1.165, 1.54) is 19.1 Å². The first kappa shape index (κ1) is 17.7. The Labute approximate surface area is 145 Å². The Hall–Kier alpha value is -3.65. The van der Waals surface area contributed by atoms with Crippen LogP contribution in [0.25, 0.3) is 16.7 Å². The van der Waals surface area contributed by atoms with Gasteiger partial charge in [0.15, 0.2) is 0 Å². The number of hydrogen-bond acceptors (Lipinski definition) is 4. The highest BCUT2D eigenvalue weighted by atomic mass is 16.4. The summed E-state index contributed by atoms with van der Waals surface area (Å²) in [6.07, 6.45) is 5.86. The predicted molar refractivity (Wildman–Crippen MR) is 95.5 cm³/mol. The molecule has 5 heteroatoms. The molecule has 2 aromatic rings. The van der Waals surface area contributed by atoms with E-state index in [9.17, 15) is 20.3 Å². The topological polar surface area (TPSA) is 94.2 Å². The van der Waals surface area contributed by atoms with Crippen molar-refractivity contribution < 1.29 is 15.0 Å². The molecule has 2 N–H and O–H groups in total. The van der Waals surface area contributed by atoms with Gasteiger partial charge in [-0.2, -0.15) is 5.26 Å². The molecule has 1 aromatic heterocycles. The quantitative estimate of drug-likeness (QED) is 0.488. The van der Waals surface area contributed by atoms with Crippen LogP contribution >= 0.6 is 0 Å². The molecule has 1 heterocycles. The zero-order valence-electron chi connectivity index (χ0n) is 13.6. The number of aromatic nitrogens is 1. The molecule has 0 amide bonds. The highest BCUT2D eigenvalue weighted by Gasteiger charge is 2.13. The van der Waals surface area contributed by atoms with E-state index in [0.717, 1.165) is 11.1 Å². The summed E-state index contributed by atoms with van der Waals surface area (Å²) < 4.78 is 0. The van der Waals surface area contributed by atoms with Gasteiger partial charge in [0.25, 0.3) is 0 Å². The summed E-state index contributed by atoms with van der Waals surface area (Å²) in [5, 5.41) is 28.3. The van der Waals surface area contributed by atoms with Crippen molar-refractivity contribution >= 4 is 11.5 Å². The van der Waals surface area contributed by atoms with Gasteiger partial charge in [-0.1, -0.05) is 18.7 Å². The van der Waals surface area contributed by atoms with Gasteiger partial charge in [-0.15, -0.1) is 0 Å². The minimum atomic E-state index is -1.26. The van der Waals surface area contributed by atoms with Gasteiger partial charge in [-0.3, -0.25) is 4.98 Å². The van der Waals surface area contributed by atoms with Crippen molar-refractivity contribution in [3.05, 3.63) is 83.9 Å². The van der Waals surface area contributed by atoms with Crippen molar-refractivity contribution in [2.75, 3.05) is 0 Å². The molecule has 1 aromatic carbocycles. The fraction of sp³-hybridized carbons (Fsp3) is 0.0500. The number of aliphatic hydroxyl groups is 1. The molecule has 0 saturated carbocycles. The first-order valence-electron chi connectivity index (χ1n) is 7.42. The van der Waals surface area contributed by atoms with Crippen molar-refractivity contribution in [3.63, 3.8) is 0 Å². The number of nitriles is 1. The van der Waals surface area contributed by atoms with E-state index in [4.69, 9.17) is 0 Å². The number of aliphatic carboxylic acids is 1. The molecular weight excluding hydrogens is 316 g/mol. The van der Waals surface area contributed by atoms with Crippen molar-refractivity contribution in [1.29, 1.82) is 5.26 Å². The van der Waals surface area contributed by atoms with E-state index in [1.54, 1.807) is 42.7 Å². The van der Waals surface area contributed by atoms with Crippen LogP contribution in [0.5, 0.6) is 0 Å². The van der Waals surface area contributed by atoms with Crippen LogP contribution in [0.2, 0.25) is 0 Å². The summed E-state index contributed by atoms with van der Waals surface area (Å²) in [6, 6.07) is 10.9. The monoisotopic (exact) mass is 332 g/mol. The number of hydrogen-bond donors (Lipinski definition) is 2. The molecule has 0 aliphatic carbocycles. The number of rotatable bonds is 5. The number of carboxylic acids is 1. The summed E-state index contributed by atoms with van der Waals surface area (Å²) in [5.74, 6) is -1.60. The lowest BCUT2D eigenvalue weighted by molar-refractivity contribution is -0.132. The third-order valence-corrected chi connectivity index (χ3v) is 3.60. The first-order chi connectivity index (χ1) is 12.0. The van der Waals surface area contributed by atoms with Crippen molar-refractivity contribution in [3.8, 4) is 17.2 Å². The van der Waals surface area contributed by atoms with Gasteiger partial charge in [-0.25, -0.2) is 4.79 Å². The maximum Gasteiger partial charge on any atom is 0.339 e. The van der Waals surface area contributed by atoms with E-state index < -0.39 is 5.97 Å². The van der Waals surface area contributed by atoms with Crippen LogP contribution in [-0.4, -0.2) is 21.2 Å². The smallest absolute Gasteiger partial charge is 0.339 e. The van der Waals surface area contributed by atoms with Crippen LogP contribution < -0.4 is 0 Å². The largest absolute Gasteiger partial charge is 0.507 e. The second kappa shape index (κ2) is 7.75. The number of nitrogens with zero attached hydrogens (tertiary/aromatic N) is 2. The molecule has 0 aliphatic rings. The van der Waals surface area contributed by atoms with Gasteiger partial charge in [0.05, 0.1) is 11.6 Å².